The number of amides is 2. The number of hydrazone groups is 2. The summed E-state index contributed by atoms with van der Waals surface area (Å²) in [4.78, 5) is 23.1. The van der Waals surface area contributed by atoms with Gasteiger partial charge in [0.1, 0.15) is 0 Å². The second-order valence-corrected chi connectivity index (χ2v) is 4.90. The van der Waals surface area contributed by atoms with Crippen LogP contribution < -0.4 is 10.9 Å². The van der Waals surface area contributed by atoms with Crippen molar-refractivity contribution in [2.75, 3.05) is 0 Å². The first kappa shape index (κ1) is 15.6. The van der Waals surface area contributed by atoms with Crippen LogP contribution in [0.15, 0.2) is 46.6 Å². The predicted octanol–water partition coefficient (Wildman–Crippen LogP) is 1.70. The SMILES string of the molecule is CC1=NNC(=O)[C@H]1CCC(=O)N/N=C\C=C\c1ccccc1. The van der Waals surface area contributed by atoms with Crippen LogP contribution >= 0.6 is 0 Å². The molecule has 0 aromatic heterocycles. The van der Waals surface area contributed by atoms with Gasteiger partial charge < -0.3 is 0 Å². The van der Waals surface area contributed by atoms with Crippen LogP contribution in [-0.4, -0.2) is 23.7 Å². The summed E-state index contributed by atoms with van der Waals surface area (Å²) in [5.74, 6) is -0.691. The van der Waals surface area contributed by atoms with E-state index >= 15 is 0 Å². The largest absolute Gasteiger partial charge is 0.273 e. The Balaban J connectivity index is 1.69. The Morgan fingerprint density at radius 3 is 2.86 bits per heavy atom. The normalized spacial score (nSPS) is 17.8. The van der Waals surface area contributed by atoms with Crippen LogP contribution in [-0.2, 0) is 9.59 Å². The van der Waals surface area contributed by atoms with E-state index in [2.05, 4.69) is 21.1 Å². The number of allylic oxidation sites excluding steroid dienone is 1. The van der Waals surface area contributed by atoms with Crippen LogP contribution in [0.4, 0.5) is 0 Å². The number of benzene rings is 1. The van der Waals surface area contributed by atoms with Crippen LogP contribution in [0.5, 0.6) is 0 Å². The van der Waals surface area contributed by atoms with Crippen molar-refractivity contribution in [2.45, 2.75) is 19.8 Å². The first-order chi connectivity index (χ1) is 10.7. The molecule has 0 radical (unpaired) electrons. The second-order valence-electron chi connectivity index (χ2n) is 4.90. The Morgan fingerprint density at radius 2 is 2.18 bits per heavy atom. The van der Waals surface area contributed by atoms with Gasteiger partial charge in [-0.05, 0) is 25.0 Å². The molecule has 1 atom stereocenters. The smallest absolute Gasteiger partial charge is 0.248 e. The number of carbonyl (C=O) groups is 2. The lowest BCUT2D eigenvalue weighted by Crippen LogP contribution is -2.25. The van der Waals surface area contributed by atoms with Crippen LogP contribution in [0.3, 0.4) is 0 Å². The van der Waals surface area contributed by atoms with Crippen molar-refractivity contribution in [1.29, 1.82) is 0 Å². The summed E-state index contributed by atoms with van der Waals surface area (Å²) >= 11 is 0. The van der Waals surface area contributed by atoms with Gasteiger partial charge in [0.05, 0.1) is 5.92 Å². The number of hydrogen-bond donors (Lipinski definition) is 2. The number of carbonyl (C=O) groups excluding carboxylic acids is 2. The summed E-state index contributed by atoms with van der Waals surface area (Å²) in [5.41, 5.74) is 6.60. The minimum Gasteiger partial charge on any atom is -0.273 e. The van der Waals surface area contributed by atoms with Crippen LogP contribution in [0.2, 0.25) is 0 Å². The predicted molar refractivity (Wildman–Crippen MR) is 86.1 cm³/mol. The molecule has 0 unspecified atom stereocenters. The molecule has 2 amide bonds. The maximum atomic E-state index is 11.6. The standard InChI is InChI=1S/C16H18N4O2/c1-12-14(16(22)20-18-12)9-10-15(21)19-17-11-5-8-13-6-3-2-4-7-13/h2-8,11,14H,9-10H2,1H3,(H,19,21)(H,20,22)/b8-5+,17-11-/t14-/m0/s1. The fraction of sp³-hybridized carbons (Fsp3) is 0.250. The Kier molecular flexibility index (Phi) is 5.59. The topological polar surface area (TPSA) is 82.9 Å². The van der Waals surface area contributed by atoms with E-state index in [1.165, 1.54) is 6.21 Å². The number of nitrogens with zero attached hydrogens (tertiary/aromatic N) is 2. The number of nitrogens with one attached hydrogen (secondary N) is 2. The van der Waals surface area contributed by atoms with Gasteiger partial charge in [-0.2, -0.15) is 10.2 Å². The van der Waals surface area contributed by atoms with Gasteiger partial charge in [0.15, 0.2) is 0 Å². The molecule has 1 aliphatic rings. The van der Waals surface area contributed by atoms with E-state index in [0.717, 1.165) is 5.56 Å². The second kappa shape index (κ2) is 7.87. The Bertz CT molecular complexity index is 620. The van der Waals surface area contributed by atoms with Crippen molar-refractivity contribution in [3.05, 3.63) is 42.0 Å². The zero-order chi connectivity index (χ0) is 15.8. The highest BCUT2D eigenvalue weighted by molar-refractivity contribution is 6.07. The van der Waals surface area contributed by atoms with E-state index in [1.807, 2.05) is 36.4 Å². The van der Waals surface area contributed by atoms with E-state index in [1.54, 1.807) is 13.0 Å². The molecule has 114 valence electrons. The molecule has 1 aromatic carbocycles. The molecule has 0 saturated heterocycles. The number of rotatable bonds is 6. The van der Waals surface area contributed by atoms with Gasteiger partial charge in [-0.15, -0.1) is 0 Å². The highest BCUT2D eigenvalue weighted by Gasteiger charge is 2.26. The van der Waals surface area contributed by atoms with Gasteiger partial charge in [0, 0.05) is 18.3 Å². The molecule has 0 spiro atoms. The van der Waals surface area contributed by atoms with Gasteiger partial charge in [-0.1, -0.05) is 36.4 Å². The zero-order valence-corrected chi connectivity index (χ0v) is 12.3. The average Bonchev–Trinajstić information content (AvgIpc) is 2.84. The minimum absolute atomic E-state index is 0.153. The highest BCUT2D eigenvalue weighted by Crippen LogP contribution is 2.13. The van der Waals surface area contributed by atoms with Gasteiger partial charge in [-0.3, -0.25) is 9.59 Å². The third kappa shape index (κ3) is 4.66. The molecule has 2 N–H and O–H groups in total. The van der Waals surface area contributed by atoms with Crippen LogP contribution in [0, 0.1) is 5.92 Å². The maximum Gasteiger partial charge on any atom is 0.248 e. The lowest BCUT2D eigenvalue weighted by Gasteiger charge is -2.05. The monoisotopic (exact) mass is 298 g/mol. The minimum atomic E-state index is -0.312. The van der Waals surface area contributed by atoms with E-state index in [0.29, 0.717) is 12.1 Å². The van der Waals surface area contributed by atoms with Crippen molar-refractivity contribution in [1.82, 2.24) is 10.9 Å². The lowest BCUT2D eigenvalue weighted by atomic mass is 9.99. The summed E-state index contributed by atoms with van der Waals surface area (Å²) in [6.07, 6.45) is 5.81. The molecule has 1 aliphatic heterocycles. The molecular formula is C16H18N4O2. The van der Waals surface area contributed by atoms with Gasteiger partial charge in [0.2, 0.25) is 11.8 Å². The molecule has 0 fully saturated rings. The third-order valence-corrected chi connectivity index (χ3v) is 3.26. The summed E-state index contributed by atoms with van der Waals surface area (Å²) in [7, 11) is 0. The first-order valence-corrected chi connectivity index (χ1v) is 7.04. The molecule has 0 bridgehead atoms. The molecule has 22 heavy (non-hydrogen) atoms. The van der Waals surface area contributed by atoms with Crippen molar-refractivity contribution in [3.8, 4) is 0 Å². The lowest BCUT2D eigenvalue weighted by molar-refractivity contribution is -0.123. The highest BCUT2D eigenvalue weighted by atomic mass is 16.2. The summed E-state index contributed by atoms with van der Waals surface area (Å²) in [5, 5.41) is 7.67. The van der Waals surface area contributed by atoms with E-state index in [9.17, 15) is 9.59 Å². The molecule has 0 aliphatic carbocycles. The van der Waals surface area contributed by atoms with Crippen LogP contribution in [0.1, 0.15) is 25.3 Å². The van der Waals surface area contributed by atoms with Crippen molar-refractivity contribution < 1.29 is 9.59 Å². The first-order valence-electron chi connectivity index (χ1n) is 7.04. The molecule has 0 saturated carbocycles. The summed E-state index contributed by atoms with van der Waals surface area (Å²) < 4.78 is 0. The number of hydrogen-bond acceptors (Lipinski definition) is 4. The Hall–Kier alpha value is -2.76. The Morgan fingerprint density at radius 1 is 1.41 bits per heavy atom. The van der Waals surface area contributed by atoms with Gasteiger partial charge in [0.25, 0.3) is 0 Å². The summed E-state index contributed by atoms with van der Waals surface area (Å²) in [6.45, 7) is 1.77. The Labute approximate surface area is 129 Å². The van der Waals surface area contributed by atoms with Crippen molar-refractivity contribution in [2.24, 2.45) is 16.1 Å². The molecule has 6 nitrogen and oxygen atoms in total. The molecule has 6 heteroatoms. The quantitative estimate of drug-likeness (QED) is 0.619. The maximum absolute atomic E-state index is 11.6. The van der Waals surface area contributed by atoms with Crippen molar-refractivity contribution in [3.63, 3.8) is 0 Å². The van der Waals surface area contributed by atoms with E-state index < -0.39 is 0 Å². The van der Waals surface area contributed by atoms with E-state index in [-0.39, 0.29) is 24.2 Å². The summed E-state index contributed by atoms with van der Waals surface area (Å²) in [6, 6.07) is 9.79. The van der Waals surface area contributed by atoms with Crippen LogP contribution in [0.25, 0.3) is 6.08 Å². The fourth-order valence-electron chi connectivity index (χ4n) is 2.03. The molecule has 2 rings (SSSR count). The van der Waals surface area contributed by atoms with Gasteiger partial charge in [-0.25, -0.2) is 10.9 Å². The molecule has 1 heterocycles. The molecule has 1 aromatic rings. The van der Waals surface area contributed by atoms with Crippen molar-refractivity contribution >= 4 is 29.8 Å². The van der Waals surface area contributed by atoms with Gasteiger partial charge >= 0.3 is 0 Å². The van der Waals surface area contributed by atoms with E-state index in [4.69, 9.17) is 0 Å². The third-order valence-electron chi connectivity index (χ3n) is 3.26. The zero-order valence-electron chi connectivity index (χ0n) is 12.3. The average molecular weight is 298 g/mol. The molecular weight excluding hydrogens is 280 g/mol. The fourth-order valence-corrected chi connectivity index (χ4v) is 2.03.